The van der Waals surface area contributed by atoms with Crippen molar-refractivity contribution >= 4 is 16.8 Å². The zero-order valence-electron chi connectivity index (χ0n) is 10.5. The zero-order valence-corrected chi connectivity index (χ0v) is 10.5. The van der Waals surface area contributed by atoms with Crippen molar-refractivity contribution in [3.05, 3.63) is 46.8 Å². The first-order valence-electron chi connectivity index (χ1n) is 5.95. The van der Waals surface area contributed by atoms with Gasteiger partial charge in [0.05, 0.1) is 5.52 Å². The number of hydrogen-bond acceptors (Lipinski definition) is 2. The summed E-state index contributed by atoms with van der Waals surface area (Å²) in [7, 11) is 0. The third-order valence-electron chi connectivity index (χ3n) is 2.65. The fourth-order valence-corrected chi connectivity index (χ4v) is 1.92. The van der Waals surface area contributed by atoms with Crippen LogP contribution in [0, 0.1) is 0 Å². The lowest BCUT2D eigenvalue weighted by atomic mass is 10.2. The molecule has 4 nitrogen and oxygen atoms in total. The number of fused-ring (bicyclic) bond motifs is 1. The molecular weight excluding hydrogens is 228 g/mol. The Kier molecular flexibility index (Phi) is 3.46. The topological polar surface area (TPSA) is 51.1 Å². The van der Waals surface area contributed by atoms with Crippen LogP contribution in [0.25, 0.3) is 10.9 Å². The molecule has 0 unspecified atom stereocenters. The van der Waals surface area contributed by atoms with Gasteiger partial charge in [-0.3, -0.25) is 9.59 Å². The van der Waals surface area contributed by atoms with Gasteiger partial charge in [0.15, 0.2) is 5.43 Å². The van der Waals surface area contributed by atoms with Gasteiger partial charge in [-0.2, -0.15) is 0 Å². The third-order valence-corrected chi connectivity index (χ3v) is 2.65. The average molecular weight is 244 g/mol. The van der Waals surface area contributed by atoms with Crippen LogP contribution in [-0.4, -0.2) is 16.5 Å². The second-order valence-corrected chi connectivity index (χ2v) is 4.55. The van der Waals surface area contributed by atoms with E-state index in [-0.39, 0.29) is 23.9 Å². The molecule has 1 aromatic heterocycles. The summed E-state index contributed by atoms with van der Waals surface area (Å²) in [6, 6.07) is 8.91. The summed E-state index contributed by atoms with van der Waals surface area (Å²) < 4.78 is 1.79. The highest BCUT2D eigenvalue weighted by atomic mass is 16.2. The second-order valence-electron chi connectivity index (χ2n) is 4.55. The lowest BCUT2D eigenvalue weighted by molar-refractivity contribution is -0.122. The number of pyridine rings is 1. The summed E-state index contributed by atoms with van der Waals surface area (Å²) in [5, 5.41) is 3.47. The molecule has 0 fully saturated rings. The predicted molar refractivity (Wildman–Crippen MR) is 71.5 cm³/mol. The molecule has 0 bridgehead atoms. The standard InChI is InChI=1S/C14H16N2O2/c1-10(2)15-14(18)9-16-8-7-13(17)11-5-3-4-6-12(11)16/h3-8,10H,9H2,1-2H3,(H,15,18). The minimum absolute atomic E-state index is 0.0221. The molecule has 0 atom stereocenters. The van der Waals surface area contributed by atoms with Gasteiger partial charge < -0.3 is 9.88 Å². The maximum atomic E-state index is 11.7. The Bertz CT molecular complexity index is 629. The van der Waals surface area contributed by atoms with Gasteiger partial charge in [0, 0.05) is 23.7 Å². The first-order chi connectivity index (χ1) is 8.58. The van der Waals surface area contributed by atoms with Crippen molar-refractivity contribution < 1.29 is 4.79 Å². The van der Waals surface area contributed by atoms with Crippen LogP contribution in [0.4, 0.5) is 0 Å². The number of carbonyl (C=O) groups is 1. The maximum absolute atomic E-state index is 11.7. The van der Waals surface area contributed by atoms with Crippen LogP contribution in [0.2, 0.25) is 0 Å². The predicted octanol–water partition coefficient (Wildman–Crippen LogP) is 1.53. The molecule has 0 aliphatic carbocycles. The maximum Gasteiger partial charge on any atom is 0.240 e. The van der Waals surface area contributed by atoms with Crippen molar-refractivity contribution in [2.45, 2.75) is 26.4 Å². The van der Waals surface area contributed by atoms with Crippen LogP contribution in [0.3, 0.4) is 0 Å². The molecule has 18 heavy (non-hydrogen) atoms. The highest BCUT2D eigenvalue weighted by molar-refractivity contribution is 5.82. The summed E-state index contributed by atoms with van der Waals surface area (Å²) in [6.07, 6.45) is 1.66. The van der Waals surface area contributed by atoms with Gasteiger partial charge in [-0.05, 0) is 26.0 Å². The molecular formula is C14H16N2O2. The normalized spacial score (nSPS) is 10.8. The first kappa shape index (κ1) is 12.4. The number of para-hydroxylation sites is 1. The number of rotatable bonds is 3. The van der Waals surface area contributed by atoms with Gasteiger partial charge in [-0.1, -0.05) is 12.1 Å². The molecule has 1 N–H and O–H groups in total. The van der Waals surface area contributed by atoms with Crippen molar-refractivity contribution in [3.8, 4) is 0 Å². The van der Waals surface area contributed by atoms with E-state index in [0.717, 1.165) is 5.52 Å². The minimum atomic E-state index is -0.0567. The lowest BCUT2D eigenvalue weighted by Crippen LogP contribution is -2.33. The third kappa shape index (κ3) is 2.59. The molecule has 0 spiro atoms. The summed E-state index contributed by atoms with van der Waals surface area (Å²) in [6.45, 7) is 4.06. The summed E-state index contributed by atoms with van der Waals surface area (Å²) >= 11 is 0. The van der Waals surface area contributed by atoms with Gasteiger partial charge in [0.2, 0.25) is 5.91 Å². The zero-order chi connectivity index (χ0) is 13.1. The Labute approximate surface area is 105 Å². The van der Waals surface area contributed by atoms with Gasteiger partial charge >= 0.3 is 0 Å². The van der Waals surface area contributed by atoms with E-state index in [1.165, 1.54) is 6.07 Å². The highest BCUT2D eigenvalue weighted by Crippen LogP contribution is 2.09. The van der Waals surface area contributed by atoms with Crippen LogP contribution in [-0.2, 0) is 11.3 Å². The molecule has 0 aliphatic rings. The smallest absolute Gasteiger partial charge is 0.240 e. The van der Waals surface area contributed by atoms with Crippen molar-refractivity contribution in [1.82, 2.24) is 9.88 Å². The average Bonchev–Trinajstić information content (AvgIpc) is 2.32. The summed E-state index contributed by atoms with van der Waals surface area (Å²) in [5.74, 6) is -0.0567. The number of nitrogens with zero attached hydrogens (tertiary/aromatic N) is 1. The monoisotopic (exact) mass is 244 g/mol. The van der Waals surface area contributed by atoms with Gasteiger partial charge in [-0.15, -0.1) is 0 Å². The van der Waals surface area contributed by atoms with Crippen LogP contribution < -0.4 is 10.7 Å². The fraction of sp³-hybridized carbons (Fsp3) is 0.286. The largest absolute Gasteiger partial charge is 0.352 e. The molecule has 1 aromatic carbocycles. The van der Waals surface area contributed by atoms with Gasteiger partial charge in [0.1, 0.15) is 6.54 Å². The van der Waals surface area contributed by atoms with Gasteiger partial charge in [-0.25, -0.2) is 0 Å². The first-order valence-corrected chi connectivity index (χ1v) is 5.95. The molecule has 94 valence electrons. The number of nitrogens with one attached hydrogen (secondary N) is 1. The quantitative estimate of drug-likeness (QED) is 0.890. The molecule has 2 aromatic rings. The lowest BCUT2D eigenvalue weighted by Gasteiger charge is -2.12. The second kappa shape index (κ2) is 5.04. The minimum Gasteiger partial charge on any atom is -0.352 e. The van der Waals surface area contributed by atoms with E-state index in [4.69, 9.17) is 0 Å². The number of hydrogen-bond donors (Lipinski definition) is 1. The van der Waals surface area contributed by atoms with Crippen molar-refractivity contribution in [1.29, 1.82) is 0 Å². The Hall–Kier alpha value is -2.10. The fourth-order valence-electron chi connectivity index (χ4n) is 1.92. The van der Waals surface area contributed by atoms with E-state index in [9.17, 15) is 9.59 Å². The Morgan fingerprint density at radius 3 is 2.72 bits per heavy atom. The molecule has 2 rings (SSSR count). The molecule has 0 saturated heterocycles. The van der Waals surface area contributed by atoms with E-state index in [1.54, 1.807) is 16.8 Å². The van der Waals surface area contributed by atoms with E-state index < -0.39 is 0 Å². The molecule has 0 aliphatic heterocycles. The van der Waals surface area contributed by atoms with Crippen molar-refractivity contribution in [2.75, 3.05) is 0 Å². The Balaban J connectivity index is 2.37. The van der Waals surface area contributed by atoms with Gasteiger partial charge in [0.25, 0.3) is 0 Å². The van der Waals surface area contributed by atoms with Crippen LogP contribution in [0.1, 0.15) is 13.8 Å². The molecule has 1 amide bonds. The molecule has 0 radical (unpaired) electrons. The van der Waals surface area contributed by atoms with E-state index in [0.29, 0.717) is 5.39 Å². The van der Waals surface area contributed by atoms with E-state index in [2.05, 4.69) is 5.32 Å². The summed E-state index contributed by atoms with van der Waals surface area (Å²) in [4.78, 5) is 23.4. The number of aromatic nitrogens is 1. The van der Waals surface area contributed by atoms with Crippen molar-refractivity contribution in [2.24, 2.45) is 0 Å². The van der Waals surface area contributed by atoms with Crippen LogP contribution >= 0.6 is 0 Å². The van der Waals surface area contributed by atoms with Crippen LogP contribution in [0.15, 0.2) is 41.3 Å². The SMILES string of the molecule is CC(C)NC(=O)Cn1ccc(=O)c2ccccc21. The highest BCUT2D eigenvalue weighted by Gasteiger charge is 2.07. The summed E-state index contributed by atoms with van der Waals surface area (Å²) in [5.41, 5.74) is 0.759. The van der Waals surface area contributed by atoms with E-state index in [1.807, 2.05) is 32.0 Å². The van der Waals surface area contributed by atoms with E-state index >= 15 is 0 Å². The molecule has 0 saturated carbocycles. The Morgan fingerprint density at radius 2 is 2.00 bits per heavy atom. The number of benzene rings is 1. The Morgan fingerprint density at radius 1 is 1.28 bits per heavy atom. The molecule has 1 heterocycles. The molecule has 4 heteroatoms. The number of carbonyl (C=O) groups excluding carboxylic acids is 1. The number of amides is 1. The van der Waals surface area contributed by atoms with Crippen molar-refractivity contribution in [3.63, 3.8) is 0 Å². The van der Waals surface area contributed by atoms with Crippen LogP contribution in [0.5, 0.6) is 0 Å².